The molecule has 0 spiro atoms. The van der Waals surface area contributed by atoms with E-state index in [9.17, 15) is 9.59 Å². The number of hydrogen-bond donors (Lipinski definition) is 2. The molecule has 2 aromatic carbocycles. The molecule has 0 aliphatic rings. The number of halogens is 1. The molecule has 0 atom stereocenters. The number of rotatable bonds is 6. The first kappa shape index (κ1) is 18.8. The number of anilines is 1. The summed E-state index contributed by atoms with van der Waals surface area (Å²) in [5.74, 6) is 0.322. The average Bonchev–Trinajstić information content (AvgIpc) is 3.09. The highest BCUT2D eigenvalue weighted by Gasteiger charge is 2.11. The minimum absolute atomic E-state index is 0.0878. The van der Waals surface area contributed by atoms with Crippen LogP contribution in [-0.2, 0) is 17.9 Å². The summed E-state index contributed by atoms with van der Waals surface area (Å²) < 4.78 is 2.73. The minimum Gasteiger partial charge on any atom is -0.352 e. The maximum atomic E-state index is 12.5. The quantitative estimate of drug-likeness (QED) is 0.632. The Morgan fingerprint density at radius 1 is 1.07 bits per heavy atom. The normalized spacial score (nSPS) is 10.4. The van der Waals surface area contributed by atoms with E-state index in [-0.39, 0.29) is 11.8 Å². The van der Waals surface area contributed by atoms with E-state index in [0.29, 0.717) is 24.5 Å². The second kappa shape index (κ2) is 8.64. The summed E-state index contributed by atoms with van der Waals surface area (Å²) in [5, 5.41) is 9.91. The number of aromatic nitrogens is 2. The molecule has 27 heavy (non-hydrogen) atoms. The van der Waals surface area contributed by atoms with Crippen molar-refractivity contribution in [3.05, 3.63) is 82.0 Å². The second-order valence-corrected chi connectivity index (χ2v) is 6.88. The Kier molecular flexibility index (Phi) is 6.03. The fourth-order valence-electron chi connectivity index (χ4n) is 2.54. The zero-order valence-corrected chi connectivity index (χ0v) is 16.4. The molecular weight excluding hydrogens is 408 g/mol. The Labute approximate surface area is 165 Å². The van der Waals surface area contributed by atoms with E-state index in [1.807, 2.05) is 36.4 Å². The van der Waals surface area contributed by atoms with Gasteiger partial charge in [-0.25, -0.2) is 4.68 Å². The number of carbonyl (C=O) groups is 2. The third-order valence-corrected chi connectivity index (χ3v) is 4.77. The molecule has 0 fully saturated rings. The number of nitrogens with zero attached hydrogens (tertiary/aromatic N) is 2. The van der Waals surface area contributed by atoms with Crippen LogP contribution in [0.25, 0.3) is 0 Å². The summed E-state index contributed by atoms with van der Waals surface area (Å²) in [5.41, 5.74) is 2.54. The molecule has 1 aromatic heterocycles. The summed E-state index contributed by atoms with van der Waals surface area (Å²) in [7, 11) is 0. The van der Waals surface area contributed by atoms with E-state index in [0.717, 1.165) is 15.6 Å². The number of carbonyl (C=O) groups excluding carboxylic acids is 2. The Hall–Kier alpha value is -2.93. The van der Waals surface area contributed by atoms with Gasteiger partial charge in [0.1, 0.15) is 5.82 Å². The summed E-state index contributed by atoms with van der Waals surface area (Å²) in [4.78, 5) is 23.5. The molecule has 2 N–H and O–H groups in total. The lowest BCUT2D eigenvalue weighted by molar-refractivity contribution is -0.119. The highest BCUT2D eigenvalue weighted by molar-refractivity contribution is 9.10. The molecule has 0 saturated heterocycles. The van der Waals surface area contributed by atoms with Crippen LogP contribution in [0, 0.1) is 0 Å². The van der Waals surface area contributed by atoms with Gasteiger partial charge in [0.2, 0.25) is 5.91 Å². The van der Waals surface area contributed by atoms with Crippen LogP contribution >= 0.6 is 15.9 Å². The van der Waals surface area contributed by atoms with Crippen LogP contribution < -0.4 is 10.6 Å². The summed E-state index contributed by atoms with van der Waals surface area (Å²) in [6.45, 7) is 2.45. The van der Waals surface area contributed by atoms with Crippen molar-refractivity contribution in [2.45, 2.75) is 20.0 Å². The molecule has 3 rings (SSSR count). The van der Waals surface area contributed by atoms with Crippen molar-refractivity contribution in [1.82, 2.24) is 15.1 Å². The van der Waals surface area contributed by atoms with Crippen LogP contribution in [0.15, 0.2) is 65.3 Å². The molecule has 3 aromatic rings. The maximum Gasteiger partial charge on any atom is 0.256 e. The van der Waals surface area contributed by atoms with Crippen LogP contribution in [0.3, 0.4) is 0 Å². The Morgan fingerprint density at radius 3 is 2.52 bits per heavy atom. The number of amides is 2. The van der Waals surface area contributed by atoms with Crippen molar-refractivity contribution in [3.63, 3.8) is 0 Å². The molecule has 1 heterocycles. The minimum atomic E-state index is -0.213. The lowest BCUT2D eigenvalue weighted by atomic mass is 10.1. The van der Waals surface area contributed by atoms with Crippen molar-refractivity contribution in [1.29, 1.82) is 0 Å². The maximum absolute atomic E-state index is 12.5. The largest absolute Gasteiger partial charge is 0.352 e. The molecular formula is C20H19BrN4O2. The van der Waals surface area contributed by atoms with Crippen molar-refractivity contribution >= 4 is 33.6 Å². The summed E-state index contributed by atoms with van der Waals surface area (Å²) in [6, 6.07) is 16.8. The van der Waals surface area contributed by atoms with Crippen molar-refractivity contribution in [2.75, 3.05) is 5.32 Å². The molecule has 7 heteroatoms. The molecule has 0 aliphatic carbocycles. The Balaban J connectivity index is 1.67. The van der Waals surface area contributed by atoms with Crippen LogP contribution in [0.5, 0.6) is 0 Å². The molecule has 0 bridgehead atoms. The van der Waals surface area contributed by atoms with E-state index >= 15 is 0 Å². The van der Waals surface area contributed by atoms with Crippen LogP contribution in [0.4, 0.5) is 5.82 Å². The van der Waals surface area contributed by atoms with Gasteiger partial charge in [-0.05, 0) is 29.3 Å². The third kappa shape index (κ3) is 5.04. The lowest BCUT2D eigenvalue weighted by Gasteiger charge is -2.11. The molecule has 0 aliphatic heterocycles. The van der Waals surface area contributed by atoms with Crippen molar-refractivity contribution in [2.24, 2.45) is 0 Å². The van der Waals surface area contributed by atoms with Crippen LogP contribution in [-0.4, -0.2) is 21.6 Å². The average molecular weight is 427 g/mol. The fourth-order valence-corrected chi connectivity index (χ4v) is 2.95. The standard InChI is InChI=1S/C20H19BrN4O2/c1-14(26)22-12-15-6-8-16(9-7-15)20(27)24-19-10-11-23-25(19)13-17-4-2-3-5-18(17)21/h2-11H,12-13H2,1H3,(H,22,26)(H,24,27). The summed E-state index contributed by atoms with van der Waals surface area (Å²) >= 11 is 3.53. The first-order valence-corrected chi connectivity index (χ1v) is 9.22. The zero-order chi connectivity index (χ0) is 19.2. The summed E-state index contributed by atoms with van der Waals surface area (Å²) in [6.07, 6.45) is 1.66. The topological polar surface area (TPSA) is 76.0 Å². The van der Waals surface area contributed by atoms with Gasteiger partial charge in [0.05, 0.1) is 12.7 Å². The van der Waals surface area contributed by atoms with E-state index in [4.69, 9.17) is 0 Å². The molecule has 138 valence electrons. The van der Waals surface area contributed by atoms with Gasteiger partial charge in [0.25, 0.3) is 5.91 Å². The predicted molar refractivity (Wildman–Crippen MR) is 107 cm³/mol. The van der Waals surface area contributed by atoms with E-state index < -0.39 is 0 Å². The molecule has 2 amide bonds. The van der Waals surface area contributed by atoms with Crippen LogP contribution in [0.1, 0.15) is 28.4 Å². The smallest absolute Gasteiger partial charge is 0.256 e. The lowest BCUT2D eigenvalue weighted by Crippen LogP contribution is -2.19. The highest BCUT2D eigenvalue weighted by atomic mass is 79.9. The molecule has 0 unspecified atom stereocenters. The van der Waals surface area contributed by atoms with E-state index in [1.54, 1.807) is 29.1 Å². The molecule has 6 nitrogen and oxygen atoms in total. The van der Waals surface area contributed by atoms with E-state index in [1.165, 1.54) is 6.92 Å². The number of hydrogen-bond acceptors (Lipinski definition) is 3. The SMILES string of the molecule is CC(=O)NCc1ccc(C(=O)Nc2ccnn2Cc2ccccc2Br)cc1. The van der Waals surface area contributed by atoms with Crippen LogP contribution in [0.2, 0.25) is 0 Å². The van der Waals surface area contributed by atoms with Crippen molar-refractivity contribution in [3.8, 4) is 0 Å². The van der Waals surface area contributed by atoms with Gasteiger partial charge < -0.3 is 10.6 Å². The molecule has 0 radical (unpaired) electrons. The van der Waals surface area contributed by atoms with Gasteiger partial charge in [-0.15, -0.1) is 0 Å². The van der Waals surface area contributed by atoms with Gasteiger partial charge in [0.15, 0.2) is 0 Å². The second-order valence-electron chi connectivity index (χ2n) is 6.03. The number of nitrogens with one attached hydrogen (secondary N) is 2. The first-order chi connectivity index (χ1) is 13.0. The highest BCUT2D eigenvalue weighted by Crippen LogP contribution is 2.19. The monoisotopic (exact) mass is 426 g/mol. The van der Waals surface area contributed by atoms with E-state index in [2.05, 4.69) is 31.7 Å². The van der Waals surface area contributed by atoms with Gasteiger partial charge in [0, 0.05) is 29.6 Å². The Bertz CT molecular complexity index is 951. The first-order valence-electron chi connectivity index (χ1n) is 8.43. The van der Waals surface area contributed by atoms with Crippen molar-refractivity contribution < 1.29 is 9.59 Å². The number of benzene rings is 2. The zero-order valence-electron chi connectivity index (χ0n) is 14.8. The predicted octanol–water partition coefficient (Wildman–Crippen LogP) is 3.58. The van der Waals surface area contributed by atoms with Gasteiger partial charge in [-0.3, -0.25) is 9.59 Å². The fraction of sp³-hybridized carbons (Fsp3) is 0.150. The third-order valence-electron chi connectivity index (χ3n) is 3.99. The molecule has 0 saturated carbocycles. The van der Waals surface area contributed by atoms with Gasteiger partial charge in [-0.2, -0.15) is 5.10 Å². The van der Waals surface area contributed by atoms with Gasteiger partial charge in [-0.1, -0.05) is 46.3 Å². The Morgan fingerprint density at radius 2 is 1.81 bits per heavy atom. The van der Waals surface area contributed by atoms with Gasteiger partial charge >= 0.3 is 0 Å².